The molecule has 0 spiro atoms. The second-order valence-corrected chi connectivity index (χ2v) is 4.06. The number of carbonyl (C=O) groups excluding carboxylic acids is 1. The zero-order valence-electron chi connectivity index (χ0n) is 7.70. The molecular weight excluding hydrogens is 297 g/mol. The molecule has 0 amide bonds. The van der Waals surface area contributed by atoms with Crippen molar-refractivity contribution in [3.05, 3.63) is 36.9 Å². The van der Waals surface area contributed by atoms with Crippen LogP contribution in [-0.2, 0) is 0 Å². The van der Waals surface area contributed by atoms with E-state index in [4.69, 9.17) is 0 Å². The third-order valence-corrected chi connectivity index (χ3v) is 2.76. The van der Waals surface area contributed by atoms with Gasteiger partial charge in [-0.2, -0.15) is 0 Å². The van der Waals surface area contributed by atoms with E-state index in [1.54, 1.807) is 19.1 Å². The number of aryl methyl sites for hydroxylation is 1. The monoisotopic (exact) mass is 305 g/mol. The molecule has 0 saturated heterocycles. The molecule has 14 heavy (non-hydrogen) atoms. The molecule has 0 atom stereocenters. The summed E-state index contributed by atoms with van der Waals surface area (Å²) in [6, 6.07) is 3.35. The zero-order valence-corrected chi connectivity index (χ0v) is 9.86. The Morgan fingerprint density at radius 2 is 2.07 bits per heavy atom. The molecule has 0 aliphatic carbocycles. The largest absolute Gasteiger partial charge is 0.294 e. The molecule has 0 radical (unpaired) electrons. The molecule has 1 aromatic carbocycles. The van der Waals surface area contributed by atoms with Gasteiger partial charge in [-0.25, -0.2) is 0 Å². The Kier molecular flexibility index (Phi) is 3.20. The highest BCUT2D eigenvalue weighted by Gasteiger charge is 2.22. The quantitative estimate of drug-likeness (QED) is 0.365. The van der Waals surface area contributed by atoms with E-state index in [1.165, 1.54) is 6.92 Å². The number of nitrogens with zero attached hydrogens (tertiary/aromatic N) is 1. The van der Waals surface area contributed by atoms with Gasteiger partial charge in [0.25, 0.3) is 5.69 Å². The van der Waals surface area contributed by atoms with Crippen molar-refractivity contribution in [2.75, 3.05) is 0 Å². The van der Waals surface area contributed by atoms with Crippen LogP contribution in [0.3, 0.4) is 0 Å². The fraction of sp³-hybridized carbons (Fsp3) is 0.222. The summed E-state index contributed by atoms with van der Waals surface area (Å²) < 4.78 is 0.618. The Labute approximate surface area is 94.6 Å². The maximum atomic E-state index is 11.2. The number of halogens is 1. The number of nitro groups is 1. The molecule has 5 heteroatoms. The number of hydrogen-bond acceptors (Lipinski definition) is 3. The van der Waals surface area contributed by atoms with E-state index in [0.29, 0.717) is 9.13 Å². The van der Waals surface area contributed by atoms with Crippen LogP contribution in [0, 0.1) is 20.6 Å². The van der Waals surface area contributed by atoms with E-state index in [2.05, 4.69) is 0 Å². The van der Waals surface area contributed by atoms with E-state index in [1.807, 2.05) is 22.6 Å². The maximum absolute atomic E-state index is 11.2. The lowest BCUT2D eigenvalue weighted by atomic mass is 10.1. The van der Waals surface area contributed by atoms with Gasteiger partial charge in [0.05, 0.1) is 4.92 Å². The topological polar surface area (TPSA) is 60.2 Å². The summed E-state index contributed by atoms with van der Waals surface area (Å²) in [5.41, 5.74) is 0.639. The predicted molar refractivity (Wildman–Crippen MR) is 60.6 cm³/mol. The van der Waals surface area contributed by atoms with Crippen LogP contribution in [0.5, 0.6) is 0 Å². The number of benzene rings is 1. The molecule has 0 saturated carbocycles. The fourth-order valence-corrected chi connectivity index (χ4v) is 2.06. The number of hydrogen-bond donors (Lipinski definition) is 0. The van der Waals surface area contributed by atoms with Gasteiger partial charge in [0.2, 0.25) is 0 Å². The number of carbonyl (C=O) groups is 1. The summed E-state index contributed by atoms with van der Waals surface area (Å²) in [4.78, 5) is 21.5. The predicted octanol–water partition coefficient (Wildman–Crippen LogP) is 2.71. The van der Waals surface area contributed by atoms with E-state index < -0.39 is 4.92 Å². The van der Waals surface area contributed by atoms with Crippen LogP contribution in [0.4, 0.5) is 5.69 Å². The van der Waals surface area contributed by atoms with Gasteiger partial charge in [0, 0.05) is 9.13 Å². The SMILES string of the molecule is CC(=O)c1c(I)ccc(C)c1[N+](=O)[O-]. The van der Waals surface area contributed by atoms with Crippen LogP contribution in [0.25, 0.3) is 0 Å². The first-order chi connectivity index (χ1) is 6.45. The average Bonchev–Trinajstić information content (AvgIpc) is 2.07. The summed E-state index contributed by atoms with van der Waals surface area (Å²) in [5, 5.41) is 10.7. The Morgan fingerprint density at radius 3 is 2.43 bits per heavy atom. The Hall–Kier alpha value is -0.980. The van der Waals surface area contributed by atoms with Crippen molar-refractivity contribution in [1.29, 1.82) is 0 Å². The van der Waals surface area contributed by atoms with Crippen molar-refractivity contribution < 1.29 is 9.72 Å². The molecule has 0 fully saturated rings. The Bertz CT molecular complexity index is 376. The molecule has 0 aromatic heterocycles. The lowest BCUT2D eigenvalue weighted by Crippen LogP contribution is -2.04. The lowest BCUT2D eigenvalue weighted by molar-refractivity contribution is -0.385. The average molecular weight is 305 g/mol. The van der Waals surface area contributed by atoms with Crippen molar-refractivity contribution in [2.45, 2.75) is 13.8 Å². The van der Waals surface area contributed by atoms with Crippen molar-refractivity contribution in [3.63, 3.8) is 0 Å². The summed E-state index contributed by atoms with van der Waals surface area (Å²) in [5.74, 6) is -0.273. The Balaban J connectivity index is 3.58. The smallest absolute Gasteiger partial charge is 0.284 e. The number of nitro benzene ring substituents is 1. The summed E-state index contributed by atoms with van der Waals surface area (Å²) in [7, 11) is 0. The molecule has 0 bridgehead atoms. The number of rotatable bonds is 2. The van der Waals surface area contributed by atoms with Crippen LogP contribution >= 0.6 is 22.6 Å². The highest BCUT2D eigenvalue weighted by molar-refractivity contribution is 14.1. The Morgan fingerprint density at radius 1 is 1.50 bits per heavy atom. The summed E-state index contributed by atoms with van der Waals surface area (Å²) >= 11 is 1.93. The second kappa shape index (κ2) is 4.04. The zero-order chi connectivity index (χ0) is 10.9. The van der Waals surface area contributed by atoms with Crippen LogP contribution in [0.2, 0.25) is 0 Å². The molecular formula is C9H8INO3. The van der Waals surface area contributed by atoms with E-state index >= 15 is 0 Å². The standard InChI is InChI=1S/C9H8INO3/c1-5-3-4-7(10)8(6(2)12)9(5)11(13)14/h3-4H,1-2H3. The summed E-state index contributed by atoms with van der Waals surface area (Å²) in [6.07, 6.45) is 0. The van der Waals surface area contributed by atoms with Crippen LogP contribution in [0.15, 0.2) is 12.1 Å². The molecule has 4 nitrogen and oxygen atoms in total. The lowest BCUT2D eigenvalue weighted by Gasteiger charge is -2.04. The van der Waals surface area contributed by atoms with Crippen LogP contribution < -0.4 is 0 Å². The molecule has 1 aromatic rings. The minimum Gasteiger partial charge on any atom is -0.294 e. The second-order valence-electron chi connectivity index (χ2n) is 2.90. The molecule has 74 valence electrons. The summed E-state index contributed by atoms with van der Waals surface area (Å²) in [6.45, 7) is 2.96. The van der Waals surface area contributed by atoms with E-state index in [9.17, 15) is 14.9 Å². The fourth-order valence-electron chi connectivity index (χ4n) is 1.24. The normalized spacial score (nSPS) is 9.93. The first kappa shape index (κ1) is 11.1. The molecule has 0 unspecified atom stereocenters. The van der Waals surface area contributed by atoms with Gasteiger partial charge in [0.1, 0.15) is 5.56 Å². The number of Topliss-reactive ketones (excluding diaryl/α,β-unsaturated/α-hetero) is 1. The maximum Gasteiger partial charge on any atom is 0.284 e. The van der Waals surface area contributed by atoms with Crippen molar-refractivity contribution in [1.82, 2.24) is 0 Å². The van der Waals surface area contributed by atoms with Gasteiger partial charge >= 0.3 is 0 Å². The van der Waals surface area contributed by atoms with Gasteiger partial charge in [-0.05, 0) is 42.5 Å². The minimum absolute atomic E-state index is 0.0793. The van der Waals surface area contributed by atoms with Crippen molar-refractivity contribution in [2.24, 2.45) is 0 Å². The molecule has 0 N–H and O–H groups in total. The minimum atomic E-state index is -0.506. The van der Waals surface area contributed by atoms with Gasteiger partial charge in [0.15, 0.2) is 5.78 Å². The first-order valence-electron chi connectivity index (χ1n) is 3.89. The van der Waals surface area contributed by atoms with Crippen LogP contribution in [0.1, 0.15) is 22.8 Å². The van der Waals surface area contributed by atoms with Crippen molar-refractivity contribution in [3.8, 4) is 0 Å². The van der Waals surface area contributed by atoms with E-state index in [-0.39, 0.29) is 17.0 Å². The van der Waals surface area contributed by atoms with Gasteiger partial charge in [-0.3, -0.25) is 14.9 Å². The molecule has 0 aliphatic rings. The van der Waals surface area contributed by atoms with E-state index in [0.717, 1.165) is 0 Å². The highest BCUT2D eigenvalue weighted by atomic mass is 127. The molecule has 1 rings (SSSR count). The van der Waals surface area contributed by atoms with Crippen molar-refractivity contribution >= 4 is 34.1 Å². The highest BCUT2D eigenvalue weighted by Crippen LogP contribution is 2.27. The first-order valence-corrected chi connectivity index (χ1v) is 4.97. The van der Waals surface area contributed by atoms with Gasteiger partial charge in [-0.15, -0.1) is 0 Å². The molecule has 0 heterocycles. The molecule has 0 aliphatic heterocycles. The third kappa shape index (κ3) is 1.92. The number of ketones is 1. The van der Waals surface area contributed by atoms with Gasteiger partial charge in [-0.1, -0.05) is 6.07 Å². The third-order valence-electron chi connectivity index (χ3n) is 1.86. The van der Waals surface area contributed by atoms with Gasteiger partial charge < -0.3 is 0 Å². The van der Waals surface area contributed by atoms with Crippen LogP contribution in [-0.4, -0.2) is 10.7 Å².